The molecule has 0 aromatic heterocycles. The molecule has 0 atom stereocenters. The molecule has 112 valence electrons. The summed E-state index contributed by atoms with van der Waals surface area (Å²) in [5.74, 6) is -2.35. The Morgan fingerprint density at radius 1 is 1.15 bits per heavy atom. The summed E-state index contributed by atoms with van der Waals surface area (Å²) in [6, 6.07) is 8.38. The minimum absolute atomic E-state index is 0.485. The number of hydrogen-bond acceptors (Lipinski definition) is 3. The Balaban J connectivity index is 1.82. The van der Waals surface area contributed by atoms with E-state index in [1.54, 1.807) is 12.1 Å². The Morgan fingerprint density at radius 3 is 2.25 bits per heavy atom. The van der Waals surface area contributed by atoms with Crippen molar-refractivity contribution in [2.24, 2.45) is 0 Å². The third kappa shape index (κ3) is 4.63. The first-order chi connectivity index (χ1) is 9.54. The normalized spacial score (nSPS) is 17.9. The second-order valence-electron chi connectivity index (χ2n) is 5.45. The zero-order valence-corrected chi connectivity index (χ0v) is 12.8. The smallest absolute Gasteiger partial charge is 0.288 e. The highest BCUT2D eigenvalue weighted by atomic mass is 32.2. The average molecular weight is 300 g/mol. The summed E-state index contributed by atoms with van der Waals surface area (Å²) >= 11 is 0.589. The summed E-state index contributed by atoms with van der Waals surface area (Å²) in [6.07, 6.45) is 2.26. The first kappa shape index (κ1) is 15.6. The number of halogens is 2. The first-order valence-corrected chi connectivity index (χ1v) is 7.98. The summed E-state index contributed by atoms with van der Waals surface area (Å²) in [6.45, 7) is 6.70. The number of likely N-dealkylation sites (tertiary alicyclic amines) is 1. The molecule has 1 aliphatic rings. The Morgan fingerprint density at radius 2 is 1.75 bits per heavy atom. The maximum atomic E-state index is 12.2. The van der Waals surface area contributed by atoms with Crippen molar-refractivity contribution in [2.45, 2.75) is 49.4 Å². The van der Waals surface area contributed by atoms with Crippen LogP contribution in [0.2, 0.25) is 0 Å². The van der Waals surface area contributed by atoms with Gasteiger partial charge in [0.25, 0.3) is 5.76 Å². The van der Waals surface area contributed by atoms with Crippen LogP contribution in [0.15, 0.2) is 29.2 Å². The van der Waals surface area contributed by atoms with Crippen LogP contribution in [0.3, 0.4) is 0 Å². The van der Waals surface area contributed by atoms with Gasteiger partial charge in [0.15, 0.2) is 0 Å². The van der Waals surface area contributed by atoms with E-state index in [0.717, 1.165) is 31.6 Å². The lowest BCUT2D eigenvalue weighted by molar-refractivity contribution is 0.177. The summed E-state index contributed by atoms with van der Waals surface area (Å²) < 4.78 is 24.5. The molecule has 1 aliphatic heterocycles. The molecule has 5 heteroatoms. The highest BCUT2D eigenvalue weighted by Gasteiger charge is 2.20. The van der Waals surface area contributed by atoms with Gasteiger partial charge in [0.2, 0.25) is 0 Å². The van der Waals surface area contributed by atoms with Gasteiger partial charge in [-0.25, -0.2) is 0 Å². The molecule has 1 N–H and O–H groups in total. The maximum Gasteiger partial charge on any atom is 0.288 e. The lowest BCUT2D eigenvalue weighted by Gasteiger charge is -2.35. The standard InChI is InChI=1S/C15H22F2N2S/c1-11(2)19-9-7-13(8-10-19)18-12-3-5-14(6-4-12)20-15(16)17/h3-6,11,13,15,18H,7-10H2,1-2H3. The summed E-state index contributed by atoms with van der Waals surface area (Å²) in [5.41, 5.74) is 1.02. The molecular formula is C15H22F2N2S. The number of piperidine rings is 1. The molecule has 20 heavy (non-hydrogen) atoms. The predicted octanol–water partition coefficient (Wildman–Crippen LogP) is 4.29. The predicted molar refractivity (Wildman–Crippen MR) is 81.7 cm³/mol. The Labute approximate surface area is 123 Å². The fraction of sp³-hybridized carbons (Fsp3) is 0.600. The fourth-order valence-corrected chi connectivity index (χ4v) is 3.03. The second kappa shape index (κ2) is 7.27. The van der Waals surface area contributed by atoms with E-state index in [-0.39, 0.29) is 0 Å². The molecule has 0 spiro atoms. The van der Waals surface area contributed by atoms with Crippen molar-refractivity contribution in [3.8, 4) is 0 Å². The van der Waals surface area contributed by atoms with Crippen molar-refractivity contribution >= 4 is 17.4 Å². The van der Waals surface area contributed by atoms with Crippen LogP contribution in [0, 0.1) is 0 Å². The molecular weight excluding hydrogens is 278 g/mol. The van der Waals surface area contributed by atoms with Gasteiger partial charge in [-0.3, -0.25) is 0 Å². The van der Waals surface area contributed by atoms with E-state index in [0.29, 0.717) is 28.7 Å². The number of rotatable bonds is 5. The van der Waals surface area contributed by atoms with Crippen LogP contribution < -0.4 is 5.32 Å². The van der Waals surface area contributed by atoms with Gasteiger partial charge in [0, 0.05) is 35.8 Å². The van der Waals surface area contributed by atoms with E-state index >= 15 is 0 Å². The largest absolute Gasteiger partial charge is 0.382 e. The van der Waals surface area contributed by atoms with Gasteiger partial charge in [-0.2, -0.15) is 8.78 Å². The third-order valence-corrected chi connectivity index (χ3v) is 4.43. The molecule has 1 heterocycles. The van der Waals surface area contributed by atoms with Gasteiger partial charge < -0.3 is 10.2 Å². The Hall–Kier alpha value is -0.810. The van der Waals surface area contributed by atoms with Crippen LogP contribution in [-0.2, 0) is 0 Å². The molecule has 0 amide bonds. The molecule has 0 aliphatic carbocycles. The zero-order chi connectivity index (χ0) is 14.5. The van der Waals surface area contributed by atoms with Crippen molar-refractivity contribution in [1.29, 1.82) is 0 Å². The van der Waals surface area contributed by atoms with Crippen molar-refractivity contribution in [1.82, 2.24) is 4.90 Å². The Bertz CT molecular complexity index is 401. The van der Waals surface area contributed by atoms with Crippen LogP contribution >= 0.6 is 11.8 Å². The number of anilines is 1. The van der Waals surface area contributed by atoms with E-state index in [2.05, 4.69) is 24.1 Å². The van der Waals surface area contributed by atoms with Crippen molar-refractivity contribution in [3.63, 3.8) is 0 Å². The maximum absolute atomic E-state index is 12.2. The highest BCUT2D eigenvalue weighted by Crippen LogP contribution is 2.27. The van der Waals surface area contributed by atoms with E-state index in [4.69, 9.17) is 0 Å². The quantitative estimate of drug-likeness (QED) is 0.817. The van der Waals surface area contributed by atoms with Gasteiger partial charge in [-0.15, -0.1) is 0 Å². The average Bonchev–Trinajstić information content (AvgIpc) is 2.41. The minimum Gasteiger partial charge on any atom is -0.382 e. The molecule has 1 fully saturated rings. The van der Waals surface area contributed by atoms with E-state index < -0.39 is 5.76 Å². The number of benzene rings is 1. The molecule has 1 aromatic rings. The van der Waals surface area contributed by atoms with Crippen LogP contribution in [0.5, 0.6) is 0 Å². The topological polar surface area (TPSA) is 15.3 Å². The molecule has 2 nitrogen and oxygen atoms in total. The number of thioether (sulfide) groups is 1. The number of alkyl halides is 2. The summed E-state index contributed by atoms with van der Waals surface area (Å²) in [4.78, 5) is 3.10. The third-order valence-electron chi connectivity index (χ3n) is 3.71. The minimum atomic E-state index is -2.35. The van der Waals surface area contributed by atoms with Crippen molar-refractivity contribution in [2.75, 3.05) is 18.4 Å². The van der Waals surface area contributed by atoms with Gasteiger partial charge >= 0.3 is 0 Å². The SMILES string of the molecule is CC(C)N1CCC(Nc2ccc(SC(F)F)cc2)CC1. The van der Waals surface area contributed by atoms with Crippen LogP contribution in [0.1, 0.15) is 26.7 Å². The summed E-state index contributed by atoms with van der Waals surface area (Å²) in [5, 5.41) is 3.50. The second-order valence-corrected chi connectivity index (χ2v) is 6.51. The number of hydrogen-bond donors (Lipinski definition) is 1. The van der Waals surface area contributed by atoms with E-state index in [1.807, 2.05) is 12.1 Å². The lowest BCUT2D eigenvalue weighted by Crippen LogP contribution is -2.42. The number of nitrogens with one attached hydrogen (secondary N) is 1. The van der Waals surface area contributed by atoms with Gasteiger partial charge in [-0.05, 0) is 51.0 Å². The van der Waals surface area contributed by atoms with Crippen LogP contribution in [0.25, 0.3) is 0 Å². The Kier molecular flexibility index (Phi) is 5.66. The highest BCUT2D eigenvalue weighted by molar-refractivity contribution is 7.99. The molecule has 0 bridgehead atoms. The van der Waals surface area contributed by atoms with E-state index in [9.17, 15) is 8.78 Å². The van der Waals surface area contributed by atoms with Crippen molar-refractivity contribution in [3.05, 3.63) is 24.3 Å². The number of nitrogens with zero attached hydrogens (tertiary/aromatic N) is 1. The van der Waals surface area contributed by atoms with Gasteiger partial charge in [0.1, 0.15) is 0 Å². The summed E-state index contributed by atoms with van der Waals surface area (Å²) in [7, 11) is 0. The molecule has 0 radical (unpaired) electrons. The lowest BCUT2D eigenvalue weighted by atomic mass is 10.0. The molecule has 0 saturated carbocycles. The van der Waals surface area contributed by atoms with Gasteiger partial charge in [0.05, 0.1) is 0 Å². The van der Waals surface area contributed by atoms with Crippen LogP contribution in [-0.4, -0.2) is 35.8 Å². The fourth-order valence-electron chi connectivity index (χ4n) is 2.53. The molecule has 0 unspecified atom stereocenters. The van der Waals surface area contributed by atoms with Crippen molar-refractivity contribution < 1.29 is 8.78 Å². The van der Waals surface area contributed by atoms with Gasteiger partial charge in [-0.1, -0.05) is 11.8 Å². The molecule has 1 saturated heterocycles. The zero-order valence-electron chi connectivity index (χ0n) is 12.0. The van der Waals surface area contributed by atoms with E-state index in [1.165, 1.54) is 0 Å². The molecule has 1 aromatic carbocycles. The molecule has 2 rings (SSSR count). The first-order valence-electron chi connectivity index (χ1n) is 7.10. The van der Waals surface area contributed by atoms with Crippen LogP contribution in [0.4, 0.5) is 14.5 Å². The monoisotopic (exact) mass is 300 g/mol.